The first kappa shape index (κ1) is 18.3. The van der Waals surface area contributed by atoms with Crippen LogP contribution >= 0.6 is 0 Å². The third-order valence-corrected chi connectivity index (χ3v) is 6.29. The van der Waals surface area contributed by atoms with Crippen molar-refractivity contribution in [2.75, 3.05) is 31.1 Å². The van der Waals surface area contributed by atoms with Crippen molar-refractivity contribution >= 4 is 6.01 Å². The van der Waals surface area contributed by atoms with Crippen molar-refractivity contribution in [2.45, 2.75) is 31.7 Å². The van der Waals surface area contributed by atoms with Gasteiger partial charge < -0.3 is 9.42 Å². The van der Waals surface area contributed by atoms with Crippen LogP contribution in [0.25, 0.3) is 0 Å². The highest BCUT2D eigenvalue weighted by Crippen LogP contribution is 2.52. The third-order valence-electron chi connectivity index (χ3n) is 6.29. The van der Waals surface area contributed by atoms with Gasteiger partial charge >= 0.3 is 6.01 Å². The molecule has 6 heteroatoms. The molecule has 5 nitrogen and oxygen atoms in total. The molecule has 2 aromatic carbocycles. The molecule has 5 rings (SSSR count). The average Bonchev–Trinajstić information content (AvgIpc) is 3.40. The van der Waals surface area contributed by atoms with E-state index in [2.05, 4.69) is 46.1 Å². The van der Waals surface area contributed by atoms with E-state index in [1.165, 1.54) is 23.3 Å². The van der Waals surface area contributed by atoms with Crippen LogP contribution in [-0.2, 0) is 12.0 Å². The number of aryl methyl sites for hydroxylation is 1. The molecule has 1 aliphatic carbocycles. The fraction of sp³-hybridized carbons (Fsp3) is 0.391. The summed E-state index contributed by atoms with van der Waals surface area (Å²) in [5.74, 6) is 0.503. The van der Waals surface area contributed by atoms with Crippen LogP contribution in [0.4, 0.5) is 10.4 Å². The van der Waals surface area contributed by atoms with E-state index < -0.39 is 0 Å². The summed E-state index contributed by atoms with van der Waals surface area (Å²) in [4.78, 5) is 9.37. The van der Waals surface area contributed by atoms with Crippen LogP contribution < -0.4 is 4.90 Å². The maximum absolute atomic E-state index is 13.3. The fourth-order valence-electron chi connectivity index (χ4n) is 4.20. The molecule has 0 spiro atoms. The van der Waals surface area contributed by atoms with E-state index in [9.17, 15) is 4.39 Å². The number of halogens is 1. The molecule has 2 fully saturated rings. The topological polar surface area (TPSA) is 45.4 Å². The summed E-state index contributed by atoms with van der Waals surface area (Å²) in [7, 11) is 0. The predicted octanol–water partition coefficient (Wildman–Crippen LogP) is 3.92. The highest BCUT2D eigenvalue weighted by molar-refractivity contribution is 5.41. The quantitative estimate of drug-likeness (QED) is 0.659. The highest BCUT2D eigenvalue weighted by atomic mass is 19.1. The Bertz CT molecular complexity index is 988. The molecule has 150 valence electrons. The highest BCUT2D eigenvalue weighted by Gasteiger charge is 2.50. The number of hydrogen-bond acceptors (Lipinski definition) is 5. The third kappa shape index (κ3) is 3.53. The second kappa shape index (κ2) is 7.26. The molecule has 2 heterocycles. The summed E-state index contributed by atoms with van der Waals surface area (Å²) in [5.41, 5.74) is 3.58. The molecule has 3 aromatic rings. The van der Waals surface area contributed by atoms with E-state index in [4.69, 9.17) is 9.51 Å². The number of benzene rings is 2. The second-order valence-corrected chi connectivity index (χ2v) is 8.18. The Hall–Kier alpha value is -2.73. The SMILES string of the molecule is Cc1ccccc1CN1CCN(c2nc(C3(c4ccc(F)cc4)CC3)no2)CC1. The second-order valence-electron chi connectivity index (χ2n) is 8.18. The molecule has 0 atom stereocenters. The first-order valence-corrected chi connectivity index (χ1v) is 10.3. The summed E-state index contributed by atoms with van der Waals surface area (Å²) in [6, 6.07) is 15.8. The van der Waals surface area contributed by atoms with E-state index in [1.54, 1.807) is 0 Å². The van der Waals surface area contributed by atoms with Crippen LogP contribution in [0.3, 0.4) is 0 Å². The number of nitrogens with zero attached hydrogens (tertiary/aromatic N) is 4. The Morgan fingerprint density at radius 1 is 1.00 bits per heavy atom. The summed E-state index contributed by atoms with van der Waals surface area (Å²) in [6.45, 7) is 6.82. The van der Waals surface area contributed by atoms with Crippen LogP contribution in [0, 0.1) is 12.7 Å². The lowest BCUT2D eigenvalue weighted by Gasteiger charge is -2.33. The van der Waals surface area contributed by atoms with Gasteiger partial charge in [-0.05, 0) is 48.6 Å². The minimum Gasteiger partial charge on any atom is -0.322 e. The number of rotatable bonds is 5. The zero-order chi connectivity index (χ0) is 19.8. The van der Waals surface area contributed by atoms with Crippen LogP contribution in [0.15, 0.2) is 53.1 Å². The fourth-order valence-corrected chi connectivity index (χ4v) is 4.20. The van der Waals surface area contributed by atoms with Gasteiger partial charge in [-0.3, -0.25) is 4.90 Å². The number of piperazine rings is 1. The molecule has 1 aliphatic heterocycles. The summed E-state index contributed by atoms with van der Waals surface area (Å²) in [6.07, 6.45) is 1.95. The summed E-state index contributed by atoms with van der Waals surface area (Å²) < 4.78 is 18.9. The maximum atomic E-state index is 13.3. The van der Waals surface area contributed by atoms with Crippen molar-refractivity contribution in [1.82, 2.24) is 15.0 Å². The van der Waals surface area contributed by atoms with Gasteiger partial charge in [0.05, 0.1) is 5.41 Å². The van der Waals surface area contributed by atoms with E-state index in [1.807, 2.05) is 12.1 Å². The normalized spacial score (nSPS) is 18.8. The Morgan fingerprint density at radius 3 is 2.41 bits per heavy atom. The minimum absolute atomic E-state index is 0.206. The van der Waals surface area contributed by atoms with E-state index in [0.717, 1.165) is 57.0 Å². The van der Waals surface area contributed by atoms with Gasteiger partial charge in [-0.15, -0.1) is 0 Å². The molecule has 0 radical (unpaired) electrons. The number of hydrogen-bond donors (Lipinski definition) is 0. The predicted molar refractivity (Wildman–Crippen MR) is 109 cm³/mol. The van der Waals surface area contributed by atoms with Crippen molar-refractivity contribution in [3.05, 3.63) is 76.9 Å². The lowest BCUT2D eigenvalue weighted by atomic mass is 9.95. The van der Waals surface area contributed by atoms with Gasteiger partial charge in [-0.2, -0.15) is 4.98 Å². The van der Waals surface area contributed by atoms with Crippen molar-refractivity contribution in [2.24, 2.45) is 0 Å². The standard InChI is InChI=1S/C23H25FN4O/c1-17-4-2-3-5-18(17)16-27-12-14-28(15-13-27)22-25-21(26-29-22)23(10-11-23)19-6-8-20(24)9-7-19/h2-9H,10-16H2,1H3. The first-order chi connectivity index (χ1) is 14.1. The van der Waals surface area contributed by atoms with Crippen molar-refractivity contribution in [3.8, 4) is 0 Å². The zero-order valence-corrected chi connectivity index (χ0v) is 16.6. The van der Waals surface area contributed by atoms with Gasteiger partial charge in [-0.1, -0.05) is 41.6 Å². The molecule has 0 N–H and O–H groups in total. The van der Waals surface area contributed by atoms with Gasteiger partial charge in [0.1, 0.15) is 5.82 Å². The van der Waals surface area contributed by atoms with Gasteiger partial charge in [0, 0.05) is 32.7 Å². The monoisotopic (exact) mass is 392 g/mol. The number of anilines is 1. The van der Waals surface area contributed by atoms with Crippen LogP contribution in [0.1, 0.15) is 35.4 Å². The van der Waals surface area contributed by atoms with Gasteiger partial charge in [0.15, 0.2) is 5.82 Å². The van der Waals surface area contributed by atoms with Gasteiger partial charge in [0.2, 0.25) is 0 Å². The lowest BCUT2D eigenvalue weighted by molar-refractivity contribution is 0.242. The molecule has 0 amide bonds. The van der Waals surface area contributed by atoms with E-state index >= 15 is 0 Å². The molecular weight excluding hydrogens is 367 g/mol. The van der Waals surface area contributed by atoms with Crippen molar-refractivity contribution < 1.29 is 8.91 Å². The van der Waals surface area contributed by atoms with Gasteiger partial charge in [0.25, 0.3) is 0 Å². The minimum atomic E-state index is -0.220. The molecule has 1 saturated carbocycles. The van der Waals surface area contributed by atoms with Crippen LogP contribution in [-0.4, -0.2) is 41.2 Å². The van der Waals surface area contributed by atoms with Crippen molar-refractivity contribution in [3.63, 3.8) is 0 Å². The zero-order valence-electron chi connectivity index (χ0n) is 16.6. The van der Waals surface area contributed by atoms with E-state index in [0.29, 0.717) is 6.01 Å². The van der Waals surface area contributed by atoms with Crippen LogP contribution in [0.2, 0.25) is 0 Å². The largest absolute Gasteiger partial charge is 0.324 e. The van der Waals surface area contributed by atoms with Crippen LogP contribution in [0.5, 0.6) is 0 Å². The molecule has 29 heavy (non-hydrogen) atoms. The van der Waals surface area contributed by atoms with Gasteiger partial charge in [-0.25, -0.2) is 4.39 Å². The molecular formula is C23H25FN4O. The molecule has 1 saturated heterocycles. The summed E-state index contributed by atoms with van der Waals surface area (Å²) >= 11 is 0. The molecule has 0 bridgehead atoms. The Morgan fingerprint density at radius 2 is 1.72 bits per heavy atom. The Balaban J connectivity index is 1.24. The molecule has 0 unspecified atom stereocenters. The molecule has 2 aliphatic rings. The Labute approximate surface area is 170 Å². The maximum Gasteiger partial charge on any atom is 0.324 e. The number of aromatic nitrogens is 2. The molecule has 1 aromatic heterocycles. The van der Waals surface area contributed by atoms with Crippen molar-refractivity contribution in [1.29, 1.82) is 0 Å². The Kier molecular flexibility index (Phi) is 4.59. The van der Waals surface area contributed by atoms with E-state index in [-0.39, 0.29) is 11.2 Å². The lowest BCUT2D eigenvalue weighted by Crippen LogP contribution is -2.46. The summed E-state index contributed by atoms with van der Waals surface area (Å²) in [5, 5.41) is 4.29. The smallest absolute Gasteiger partial charge is 0.322 e. The first-order valence-electron chi connectivity index (χ1n) is 10.3. The average molecular weight is 392 g/mol.